The summed E-state index contributed by atoms with van der Waals surface area (Å²) in [6.45, 7) is 0. The largest absolute Gasteiger partial charge is 0.494 e. The number of fused-ring (bicyclic) bond motifs is 1. The second-order valence-electron chi connectivity index (χ2n) is 4.01. The Morgan fingerprint density at radius 2 is 2.18 bits per heavy atom. The molecule has 1 aromatic rings. The quantitative estimate of drug-likeness (QED) is 0.851. The molecule has 0 saturated carbocycles. The molecule has 5 heteroatoms. The van der Waals surface area contributed by atoms with Crippen molar-refractivity contribution in [3.63, 3.8) is 0 Å². The monoisotopic (exact) mass is 238 g/mol. The van der Waals surface area contributed by atoms with Crippen molar-refractivity contribution in [3.8, 4) is 5.75 Å². The number of hydrogen-bond acceptors (Lipinski definition) is 3. The van der Waals surface area contributed by atoms with Crippen LogP contribution in [0.5, 0.6) is 5.75 Å². The van der Waals surface area contributed by atoms with Crippen molar-refractivity contribution in [2.75, 3.05) is 7.11 Å². The predicted molar refractivity (Wildman–Crippen MR) is 56.7 cm³/mol. The molecule has 1 aromatic carbocycles. The number of rotatable bonds is 2. The Balaban J connectivity index is 2.45. The summed E-state index contributed by atoms with van der Waals surface area (Å²) in [6.07, 6.45) is 0.133. The van der Waals surface area contributed by atoms with Gasteiger partial charge in [0.15, 0.2) is 17.3 Å². The molecule has 1 N–H and O–H groups in total. The first kappa shape index (κ1) is 11.6. The predicted octanol–water partition coefficient (Wildman–Crippen LogP) is 1.66. The lowest BCUT2D eigenvalue weighted by molar-refractivity contribution is -0.141. The number of aliphatic carboxylic acids is 1. The van der Waals surface area contributed by atoms with Gasteiger partial charge in [-0.25, -0.2) is 4.39 Å². The highest BCUT2D eigenvalue weighted by Gasteiger charge is 2.30. The van der Waals surface area contributed by atoms with Crippen LogP contribution in [-0.4, -0.2) is 24.0 Å². The van der Waals surface area contributed by atoms with Crippen molar-refractivity contribution in [1.29, 1.82) is 0 Å². The molecule has 0 fully saturated rings. The first-order valence-corrected chi connectivity index (χ1v) is 5.15. The van der Waals surface area contributed by atoms with E-state index in [1.54, 1.807) is 0 Å². The van der Waals surface area contributed by atoms with Gasteiger partial charge in [-0.05, 0) is 24.1 Å². The molecule has 0 radical (unpaired) electrons. The van der Waals surface area contributed by atoms with Crippen LogP contribution in [0, 0.1) is 11.7 Å². The normalized spacial score (nSPS) is 18.7. The van der Waals surface area contributed by atoms with Gasteiger partial charge < -0.3 is 9.84 Å². The van der Waals surface area contributed by atoms with E-state index >= 15 is 0 Å². The number of carbonyl (C=O) groups is 2. The zero-order valence-electron chi connectivity index (χ0n) is 9.20. The third-order valence-corrected chi connectivity index (χ3v) is 2.93. The van der Waals surface area contributed by atoms with E-state index in [0.717, 1.165) is 0 Å². The van der Waals surface area contributed by atoms with Crippen LogP contribution in [0.25, 0.3) is 0 Å². The summed E-state index contributed by atoms with van der Waals surface area (Å²) in [5, 5.41) is 8.88. The van der Waals surface area contributed by atoms with Gasteiger partial charge in [0.05, 0.1) is 13.0 Å². The summed E-state index contributed by atoms with van der Waals surface area (Å²) in [6, 6.07) is 2.52. The topological polar surface area (TPSA) is 63.6 Å². The summed E-state index contributed by atoms with van der Waals surface area (Å²) in [4.78, 5) is 22.6. The van der Waals surface area contributed by atoms with E-state index in [9.17, 15) is 14.0 Å². The van der Waals surface area contributed by atoms with Gasteiger partial charge in [-0.15, -0.1) is 0 Å². The van der Waals surface area contributed by atoms with Gasteiger partial charge >= 0.3 is 5.97 Å². The maximum Gasteiger partial charge on any atom is 0.307 e. The number of carbonyl (C=O) groups excluding carboxylic acids is 1. The summed E-state index contributed by atoms with van der Waals surface area (Å²) in [5.41, 5.74) is 0.799. The number of halogens is 1. The van der Waals surface area contributed by atoms with E-state index in [-0.39, 0.29) is 24.4 Å². The van der Waals surface area contributed by atoms with Crippen LogP contribution < -0.4 is 4.74 Å². The molecular formula is C12H11FO4. The van der Waals surface area contributed by atoms with E-state index in [1.807, 2.05) is 0 Å². The lowest BCUT2D eigenvalue weighted by Crippen LogP contribution is -2.26. The van der Waals surface area contributed by atoms with Crippen molar-refractivity contribution in [2.24, 2.45) is 5.92 Å². The van der Waals surface area contributed by atoms with E-state index < -0.39 is 17.7 Å². The molecule has 4 nitrogen and oxygen atoms in total. The number of ether oxygens (including phenoxy) is 1. The molecule has 0 saturated heterocycles. The van der Waals surface area contributed by atoms with Crippen molar-refractivity contribution < 1.29 is 23.8 Å². The van der Waals surface area contributed by atoms with Crippen LogP contribution in [0.3, 0.4) is 0 Å². The molecule has 0 aromatic heterocycles. The summed E-state index contributed by atoms with van der Waals surface area (Å²) in [7, 11) is 1.32. The fraction of sp³-hybridized carbons (Fsp3) is 0.333. The highest BCUT2D eigenvalue weighted by atomic mass is 19.1. The summed E-state index contributed by atoms with van der Waals surface area (Å²) >= 11 is 0. The molecule has 1 unspecified atom stereocenters. The van der Waals surface area contributed by atoms with Gasteiger partial charge in [0.25, 0.3) is 0 Å². The minimum atomic E-state index is -1.03. The van der Waals surface area contributed by atoms with Crippen LogP contribution in [0.15, 0.2) is 12.1 Å². The minimum Gasteiger partial charge on any atom is -0.494 e. The molecule has 1 aliphatic rings. The lowest BCUT2D eigenvalue weighted by Gasteiger charge is -2.21. The Kier molecular flexibility index (Phi) is 2.83. The summed E-state index contributed by atoms with van der Waals surface area (Å²) in [5.74, 6) is -2.64. The molecule has 1 aliphatic carbocycles. The number of hydrogen-bond donors (Lipinski definition) is 1. The van der Waals surface area contributed by atoms with Crippen molar-refractivity contribution in [3.05, 3.63) is 29.1 Å². The summed E-state index contributed by atoms with van der Waals surface area (Å²) < 4.78 is 18.2. The molecule has 0 aliphatic heterocycles. The number of Topliss-reactive ketones (excluding diaryl/α,β-unsaturated/α-hetero) is 1. The van der Waals surface area contributed by atoms with Gasteiger partial charge in [0, 0.05) is 12.0 Å². The number of carboxylic acids is 1. The second-order valence-corrected chi connectivity index (χ2v) is 4.01. The van der Waals surface area contributed by atoms with E-state index in [4.69, 9.17) is 9.84 Å². The Labute approximate surface area is 97.0 Å². The molecule has 2 rings (SSSR count). The van der Waals surface area contributed by atoms with Gasteiger partial charge in [-0.2, -0.15) is 0 Å². The first-order chi connectivity index (χ1) is 8.02. The molecular weight excluding hydrogens is 227 g/mol. The maximum atomic E-state index is 13.4. The zero-order valence-corrected chi connectivity index (χ0v) is 9.20. The van der Waals surface area contributed by atoms with Crippen LogP contribution >= 0.6 is 0 Å². The van der Waals surface area contributed by atoms with Gasteiger partial charge in [-0.3, -0.25) is 9.59 Å². The van der Waals surface area contributed by atoms with Gasteiger partial charge in [-0.1, -0.05) is 0 Å². The zero-order chi connectivity index (χ0) is 12.6. The molecule has 0 spiro atoms. The molecule has 17 heavy (non-hydrogen) atoms. The van der Waals surface area contributed by atoms with Crippen LogP contribution in [0.4, 0.5) is 4.39 Å². The highest BCUT2D eigenvalue weighted by molar-refractivity contribution is 6.01. The lowest BCUT2D eigenvalue weighted by atomic mass is 9.83. The minimum absolute atomic E-state index is 0.00544. The van der Waals surface area contributed by atoms with E-state index in [2.05, 4.69) is 0 Å². The van der Waals surface area contributed by atoms with Crippen LogP contribution in [0.2, 0.25) is 0 Å². The second kappa shape index (κ2) is 4.16. The molecule has 0 bridgehead atoms. The van der Waals surface area contributed by atoms with E-state index in [0.29, 0.717) is 11.1 Å². The Bertz CT molecular complexity index is 496. The van der Waals surface area contributed by atoms with Crippen molar-refractivity contribution in [2.45, 2.75) is 12.8 Å². The fourth-order valence-corrected chi connectivity index (χ4v) is 2.03. The van der Waals surface area contributed by atoms with Gasteiger partial charge in [0.1, 0.15) is 0 Å². The number of carboxylic acid groups (broad SMARTS) is 1. The first-order valence-electron chi connectivity index (χ1n) is 5.15. The molecule has 0 amide bonds. The third kappa shape index (κ3) is 2.00. The average molecular weight is 238 g/mol. The maximum absolute atomic E-state index is 13.4. The number of benzene rings is 1. The van der Waals surface area contributed by atoms with Gasteiger partial charge in [0.2, 0.25) is 0 Å². The van der Waals surface area contributed by atoms with Crippen molar-refractivity contribution >= 4 is 11.8 Å². The highest BCUT2D eigenvalue weighted by Crippen LogP contribution is 2.30. The molecule has 0 heterocycles. The fourth-order valence-electron chi connectivity index (χ4n) is 2.03. The smallest absolute Gasteiger partial charge is 0.307 e. The number of ketones is 1. The van der Waals surface area contributed by atoms with Crippen LogP contribution in [-0.2, 0) is 11.2 Å². The third-order valence-electron chi connectivity index (χ3n) is 2.93. The van der Waals surface area contributed by atoms with Crippen LogP contribution in [0.1, 0.15) is 22.3 Å². The SMILES string of the molecule is COc1cc2c(cc1F)CC(C(=O)O)CC2=O. The Hall–Kier alpha value is -1.91. The number of methoxy groups -OCH3 is 1. The van der Waals surface area contributed by atoms with Crippen molar-refractivity contribution in [1.82, 2.24) is 0 Å². The Morgan fingerprint density at radius 3 is 2.76 bits per heavy atom. The Morgan fingerprint density at radius 1 is 1.47 bits per heavy atom. The van der Waals surface area contributed by atoms with E-state index in [1.165, 1.54) is 19.2 Å². The standard InChI is InChI=1S/C12H11FO4/c1-17-11-5-8-6(3-9(11)13)2-7(12(15)16)4-10(8)14/h3,5,7H,2,4H2,1H3,(H,15,16). The molecule has 90 valence electrons. The molecule has 1 atom stereocenters. The average Bonchev–Trinajstić information content (AvgIpc) is 2.27.